The molecule has 4 nitrogen and oxygen atoms in total. The lowest BCUT2D eigenvalue weighted by Crippen LogP contribution is -1.97. The predicted molar refractivity (Wildman–Crippen MR) is 67.1 cm³/mol. The molecule has 0 spiro atoms. The molecule has 0 aliphatic heterocycles. The summed E-state index contributed by atoms with van der Waals surface area (Å²) in [5.41, 5.74) is 1.06. The summed E-state index contributed by atoms with van der Waals surface area (Å²) in [5, 5.41) is 0. The Hall–Kier alpha value is -1.62. The second-order valence-electron chi connectivity index (χ2n) is 3.32. The van der Waals surface area contributed by atoms with Crippen LogP contribution in [0.4, 0.5) is 0 Å². The quantitative estimate of drug-likeness (QED) is 0.814. The molecule has 0 aliphatic carbocycles. The molecule has 0 N–H and O–H groups in total. The second kappa shape index (κ2) is 5.63. The molecule has 2 rings (SSSR count). The maximum Gasteiger partial charge on any atom is 0.217 e. The van der Waals surface area contributed by atoms with E-state index in [0.29, 0.717) is 17.1 Å². The topological polar surface area (TPSA) is 44.2 Å². The first kappa shape index (κ1) is 11.9. The number of nitrogens with zero attached hydrogens (tertiary/aromatic N) is 2. The Balaban J connectivity index is 1.97. The van der Waals surface area contributed by atoms with E-state index in [0.717, 1.165) is 11.3 Å². The largest absolute Gasteiger partial charge is 0.497 e. The van der Waals surface area contributed by atoms with E-state index in [-0.39, 0.29) is 0 Å². The summed E-state index contributed by atoms with van der Waals surface area (Å²) in [5.74, 6) is 1.38. The maximum absolute atomic E-state index is 5.52. The number of benzene rings is 1. The van der Waals surface area contributed by atoms with Crippen molar-refractivity contribution in [2.45, 2.75) is 6.61 Å². The molecule has 2 aromatic rings. The van der Waals surface area contributed by atoms with Crippen LogP contribution in [-0.2, 0) is 6.61 Å². The van der Waals surface area contributed by atoms with Gasteiger partial charge in [-0.15, -0.1) is 0 Å². The number of rotatable bonds is 4. The van der Waals surface area contributed by atoms with Gasteiger partial charge in [-0.1, -0.05) is 12.1 Å². The SMILES string of the molecule is COc1ccc(COc2cc(Br)ncn2)cc1. The summed E-state index contributed by atoms with van der Waals surface area (Å²) in [6, 6.07) is 9.43. The summed E-state index contributed by atoms with van der Waals surface area (Å²) >= 11 is 3.26. The van der Waals surface area contributed by atoms with Crippen LogP contribution in [-0.4, -0.2) is 17.1 Å². The molecule has 0 saturated carbocycles. The van der Waals surface area contributed by atoms with Crippen molar-refractivity contribution in [3.8, 4) is 11.6 Å². The van der Waals surface area contributed by atoms with Crippen LogP contribution in [0.25, 0.3) is 0 Å². The van der Waals surface area contributed by atoms with Crippen LogP contribution in [0.15, 0.2) is 41.3 Å². The van der Waals surface area contributed by atoms with E-state index in [2.05, 4.69) is 25.9 Å². The second-order valence-corrected chi connectivity index (χ2v) is 4.13. The van der Waals surface area contributed by atoms with Gasteiger partial charge in [0.1, 0.15) is 23.3 Å². The number of aromatic nitrogens is 2. The normalized spacial score (nSPS) is 10.0. The molecule has 0 radical (unpaired) electrons. The number of halogens is 1. The van der Waals surface area contributed by atoms with Gasteiger partial charge in [-0.3, -0.25) is 0 Å². The Labute approximate surface area is 108 Å². The van der Waals surface area contributed by atoms with Gasteiger partial charge in [0.25, 0.3) is 0 Å². The van der Waals surface area contributed by atoms with E-state index in [9.17, 15) is 0 Å². The zero-order valence-corrected chi connectivity index (χ0v) is 10.8. The van der Waals surface area contributed by atoms with E-state index in [1.165, 1.54) is 6.33 Å². The molecule has 0 saturated heterocycles. The van der Waals surface area contributed by atoms with Crippen LogP contribution < -0.4 is 9.47 Å². The number of ether oxygens (including phenoxy) is 2. The van der Waals surface area contributed by atoms with E-state index in [4.69, 9.17) is 9.47 Å². The van der Waals surface area contributed by atoms with Gasteiger partial charge < -0.3 is 9.47 Å². The summed E-state index contributed by atoms with van der Waals surface area (Å²) in [6.45, 7) is 0.466. The van der Waals surface area contributed by atoms with Crippen LogP contribution in [0.2, 0.25) is 0 Å². The predicted octanol–water partition coefficient (Wildman–Crippen LogP) is 2.83. The number of methoxy groups -OCH3 is 1. The lowest BCUT2D eigenvalue weighted by molar-refractivity contribution is 0.292. The molecular weight excluding hydrogens is 284 g/mol. The Kier molecular flexibility index (Phi) is 3.93. The number of hydrogen-bond donors (Lipinski definition) is 0. The molecule has 17 heavy (non-hydrogen) atoms. The minimum absolute atomic E-state index is 0.466. The lowest BCUT2D eigenvalue weighted by Gasteiger charge is -2.06. The Bertz CT molecular complexity index is 488. The van der Waals surface area contributed by atoms with Crippen molar-refractivity contribution in [3.05, 3.63) is 46.8 Å². The van der Waals surface area contributed by atoms with Crippen molar-refractivity contribution in [2.75, 3.05) is 7.11 Å². The summed E-state index contributed by atoms with van der Waals surface area (Å²) in [6.07, 6.45) is 1.45. The van der Waals surface area contributed by atoms with Gasteiger partial charge in [0.05, 0.1) is 7.11 Å². The average molecular weight is 295 g/mol. The first-order valence-corrected chi connectivity index (χ1v) is 5.80. The van der Waals surface area contributed by atoms with Crippen LogP contribution in [0.5, 0.6) is 11.6 Å². The molecule has 0 unspecified atom stereocenters. The smallest absolute Gasteiger partial charge is 0.217 e. The monoisotopic (exact) mass is 294 g/mol. The highest BCUT2D eigenvalue weighted by molar-refractivity contribution is 9.10. The number of hydrogen-bond acceptors (Lipinski definition) is 4. The fourth-order valence-electron chi connectivity index (χ4n) is 1.28. The van der Waals surface area contributed by atoms with Crippen molar-refractivity contribution in [1.82, 2.24) is 9.97 Å². The Morgan fingerprint density at radius 2 is 1.94 bits per heavy atom. The average Bonchev–Trinajstić information content (AvgIpc) is 2.37. The Morgan fingerprint density at radius 3 is 2.59 bits per heavy atom. The van der Waals surface area contributed by atoms with E-state index in [1.54, 1.807) is 13.2 Å². The third kappa shape index (κ3) is 3.42. The van der Waals surface area contributed by atoms with Gasteiger partial charge in [0.2, 0.25) is 5.88 Å². The van der Waals surface area contributed by atoms with Gasteiger partial charge in [0, 0.05) is 6.07 Å². The van der Waals surface area contributed by atoms with Crippen LogP contribution in [0.3, 0.4) is 0 Å². The molecule has 1 heterocycles. The highest BCUT2D eigenvalue weighted by Crippen LogP contribution is 2.15. The molecule has 0 fully saturated rings. The molecule has 88 valence electrons. The summed E-state index contributed by atoms with van der Waals surface area (Å²) in [4.78, 5) is 7.93. The van der Waals surface area contributed by atoms with Crippen LogP contribution >= 0.6 is 15.9 Å². The molecule has 0 atom stereocenters. The fraction of sp³-hybridized carbons (Fsp3) is 0.167. The van der Waals surface area contributed by atoms with Crippen LogP contribution in [0.1, 0.15) is 5.56 Å². The fourth-order valence-corrected chi connectivity index (χ4v) is 1.56. The molecule has 1 aromatic heterocycles. The van der Waals surface area contributed by atoms with Gasteiger partial charge in [0.15, 0.2) is 0 Å². The summed E-state index contributed by atoms with van der Waals surface area (Å²) < 4.78 is 11.3. The van der Waals surface area contributed by atoms with E-state index >= 15 is 0 Å². The van der Waals surface area contributed by atoms with E-state index in [1.807, 2.05) is 24.3 Å². The first-order valence-electron chi connectivity index (χ1n) is 5.01. The van der Waals surface area contributed by atoms with Gasteiger partial charge in [-0.25, -0.2) is 9.97 Å². The highest BCUT2D eigenvalue weighted by Gasteiger charge is 1.99. The van der Waals surface area contributed by atoms with Gasteiger partial charge in [-0.2, -0.15) is 0 Å². The van der Waals surface area contributed by atoms with Gasteiger partial charge in [-0.05, 0) is 33.6 Å². The molecule has 0 aliphatic rings. The highest BCUT2D eigenvalue weighted by atomic mass is 79.9. The molecule has 1 aromatic carbocycles. The van der Waals surface area contributed by atoms with Crippen molar-refractivity contribution in [1.29, 1.82) is 0 Å². The minimum atomic E-state index is 0.466. The third-order valence-electron chi connectivity index (χ3n) is 2.15. The third-order valence-corrected chi connectivity index (χ3v) is 2.59. The zero-order valence-electron chi connectivity index (χ0n) is 9.26. The van der Waals surface area contributed by atoms with Crippen molar-refractivity contribution < 1.29 is 9.47 Å². The van der Waals surface area contributed by atoms with Crippen molar-refractivity contribution in [2.24, 2.45) is 0 Å². The summed E-state index contributed by atoms with van der Waals surface area (Å²) in [7, 11) is 1.64. The first-order chi connectivity index (χ1) is 8.28. The molecular formula is C12H11BrN2O2. The van der Waals surface area contributed by atoms with Crippen molar-refractivity contribution >= 4 is 15.9 Å². The zero-order chi connectivity index (χ0) is 12.1. The van der Waals surface area contributed by atoms with E-state index < -0.39 is 0 Å². The Morgan fingerprint density at radius 1 is 1.18 bits per heavy atom. The van der Waals surface area contributed by atoms with Crippen LogP contribution in [0, 0.1) is 0 Å². The van der Waals surface area contributed by atoms with Crippen molar-refractivity contribution in [3.63, 3.8) is 0 Å². The maximum atomic E-state index is 5.52. The standard InChI is InChI=1S/C12H11BrN2O2/c1-16-10-4-2-9(3-5-10)7-17-12-6-11(13)14-8-15-12/h2-6,8H,7H2,1H3. The molecule has 5 heteroatoms. The van der Waals surface area contributed by atoms with Gasteiger partial charge >= 0.3 is 0 Å². The minimum Gasteiger partial charge on any atom is -0.497 e. The molecule has 0 bridgehead atoms. The lowest BCUT2D eigenvalue weighted by atomic mass is 10.2. The molecule has 0 amide bonds.